The zero-order valence-electron chi connectivity index (χ0n) is 8.02. The highest BCUT2D eigenvalue weighted by atomic mass is 127. The number of hydrogen-bond donors (Lipinski definition) is 1. The van der Waals surface area contributed by atoms with Gasteiger partial charge in [0.25, 0.3) is 0 Å². The van der Waals surface area contributed by atoms with Gasteiger partial charge in [-0.3, -0.25) is 0 Å². The molecule has 0 aliphatic rings. The second-order valence-electron chi connectivity index (χ2n) is 3.14. The largest absolute Gasteiger partial charge is 0.385 e. The molecule has 0 aliphatic carbocycles. The van der Waals surface area contributed by atoms with Crippen LogP contribution in [0.15, 0.2) is 24.3 Å². The van der Waals surface area contributed by atoms with Crippen LogP contribution in [0, 0.1) is 3.57 Å². The van der Waals surface area contributed by atoms with Gasteiger partial charge in [0.05, 0.1) is 0 Å². The molecule has 1 rings (SSSR count). The molecular formula is C11H16IN. The van der Waals surface area contributed by atoms with Crippen molar-refractivity contribution in [2.45, 2.75) is 26.2 Å². The van der Waals surface area contributed by atoms with Crippen LogP contribution >= 0.6 is 22.6 Å². The van der Waals surface area contributed by atoms with Crippen LogP contribution in [0.4, 0.5) is 5.69 Å². The fraction of sp³-hybridized carbons (Fsp3) is 0.455. The summed E-state index contributed by atoms with van der Waals surface area (Å²) in [6, 6.07) is 8.49. The highest BCUT2D eigenvalue weighted by molar-refractivity contribution is 14.1. The lowest BCUT2D eigenvalue weighted by molar-refractivity contribution is 0.744. The Labute approximate surface area is 94.1 Å². The van der Waals surface area contributed by atoms with Gasteiger partial charge in [0.2, 0.25) is 0 Å². The summed E-state index contributed by atoms with van der Waals surface area (Å²) in [6.07, 6.45) is 3.87. The molecule has 0 fully saturated rings. The molecule has 0 saturated heterocycles. The first kappa shape index (κ1) is 10.8. The molecule has 0 aliphatic heterocycles. The predicted molar refractivity (Wildman–Crippen MR) is 67.2 cm³/mol. The Bertz CT molecular complexity index is 248. The second kappa shape index (κ2) is 6.24. The summed E-state index contributed by atoms with van der Waals surface area (Å²) in [7, 11) is 0. The smallest absolute Gasteiger partial charge is 0.0350 e. The maximum absolute atomic E-state index is 3.42. The van der Waals surface area contributed by atoms with Gasteiger partial charge in [-0.1, -0.05) is 25.8 Å². The van der Waals surface area contributed by atoms with Gasteiger partial charge in [-0.05, 0) is 47.2 Å². The number of unbranched alkanes of at least 4 members (excludes halogenated alkanes) is 2. The maximum Gasteiger partial charge on any atom is 0.0350 e. The quantitative estimate of drug-likeness (QED) is 0.640. The molecule has 1 aromatic carbocycles. The Kier molecular flexibility index (Phi) is 5.20. The standard InChI is InChI=1S/C11H16IN/c1-2-3-4-8-13-11-7-5-6-10(12)9-11/h5-7,9,13H,2-4,8H2,1H3. The molecule has 0 spiro atoms. The molecule has 72 valence electrons. The summed E-state index contributed by atoms with van der Waals surface area (Å²) in [6.45, 7) is 3.32. The predicted octanol–water partition coefficient (Wildman–Crippen LogP) is 3.89. The van der Waals surface area contributed by atoms with Gasteiger partial charge in [0.15, 0.2) is 0 Å². The molecule has 0 bridgehead atoms. The summed E-state index contributed by atoms with van der Waals surface area (Å²) in [5.41, 5.74) is 1.24. The average molecular weight is 289 g/mol. The van der Waals surface area contributed by atoms with Crippen molar-refractivity contribution in [3.8, 4) is 0 Å². The van der Waals surface area contributed by atoms with E-state index in [0.29, 0.717) is 0 Å². The van der Waals surface area contributed by atoms with E-state index >= 15 is 0 Å². The molecule has 0 heterocycles. The monoisotopic (exact) mass is 289 g/mol. The molecule has 1 aromatic rings. The molecule has 13 heavy (non-hydrogen) atoms. The summed E-state index contributed by atoms with van der Waals surface area (Å²) < 4.78 is 1.29. The first-order chi connectivity index (χ1) is 6.33. The van der Waals surface area contributed by atoms with Gasteiger partial charge in [-0.25, -0.2) is 0 Å². The topological polar surface area (TPSA) is 12.0 Å². The zero-order chi connectivity index (χ0) is 9.52. The SMILES string of the molecule is CCCCCNc1cccc(I)c1. The van der Waals surface area contributed by atoms with Gasteiger partial charge >= 0.3 is 0 Å². The highest BCUT2D eigenvalue weighted by Crippen LogP contribution is 2.12. The van der Waals surface area contributed by atoms with Crippen LogP contribution in [-0.2, 0) is 0 Å². The summed E-state index contributed by atoms with van der Waals surface area (Å²) in [5, 5.41) is 3.42. The van der Waals surface area contributed by atoms with Crippen molar-refractivity contribution < 1.29 is 0 Å². The van der Waals surface area contributed by atoms with Crippen molar-refractivity contribution in [1.82, 2.24) is 0 Å². The summed E-state index contributed by atoms with van der Waals surface area (Å²) >= 11 is 2.33. The molecule has 2 heteroatoms. The Hall–Kier alpha value is -0.250. The van der Waals surface area contributed by atoms with Gasteiger partial charge < -0.3 is 5.32 Å². The third-order valence-corrected chi connectivity index (χ3v) is 2.61. The lowest BCUT2D eigenvalue weighted by Crippen LogP contribution is -2.00. The highest BCUT2D eigenvalue weighted by Gasteiger charge is 1.91. The lowest BCUT2D eigenvalue weighted by atomic mass is 10.2. The van der Waals surface area contributed by atoms with E-state index in [1.807, 2.05) is 0 Å². The van der Waals surface area contributed by atoms with E-state index in [4.69, 9.17) is 0 Å². The summed E-state index contributed by atoms with van der Waals surface area (Å²) in [5.74, 6) is 0. The van der Waals surface area contributed by atoms with Gasteiger partial charge in [0.1, 0.15) is 0 Å². The molecule has 1 nitrogen and oxygen atoms in total. The molecule has 1 N–H and O–H groups in total. The van der Waals surface area contributed by atoms with Crippen molar-refractivity contribution in [2.75, 3.05) is 11.9 Å². The Morgan fingerprint density at radius 3 is 2.85 bits per heavy atom. The van der Waals surface area contributed by atoms with Gasteiger partial charge in [-0.15, -0.1) is 0 Å². The number of hydrogen-bond acceptors (Lipinski definition) is 1. The van der Waals surface area contributed by atoms with Crippen molar-refractivity contribution >= 4 is 28.3 Å². The molecule has 0 radical (unpaired) electrons. The summed E-state index contributed by atoms with van der Waals surface area (Å²) in [4.78, 5) is 0. The lowest BCUT2D eigenvalue weighted by Gasteiger charge is -2.05. The van der Waals surface area contributed by atoms with Crippen LogP contribution in [0.5, 0.6) is 0 Å². The Morgan fingerprint density at radius 2 is 2.15 bits per heavy atom. The van der Waals surface area contributed by atoms with Crippen molar-refractivity contribution in [3.63, 3.8) is 0 Å². The second-order valence-corrected chi connectivity index (χ2v) is 4.39. The van der Waals surface area contributed by atoms with Crippen LogP contribution in [0.2, 0.25) is 0 Å². The van der Waals surface area contributed by atoms with Crippen LogP contribution in [0.1, 0.15) is 26.2 Å². The number of nitrogens with one attached hydrogen (secondary N) is 1. The van der Waals surface area contributed by atoms with E-state index in [2.05, 4.69) is 59.1 Å². The molecule has 0 unspecified atom stereocenters. The normalized spacial score (nSPS) is 10.0. The van der Waals surface area contributed by atoms with E-state index in [0.717, 1.165) is 6.54 Å². The van der Waals surface area contributed by atoms with E-state index in [9.17, 15) is 0 Å². The fourth-order valence-electron chi connectivity index (χ4n) is 1.21. The van der Waals surface area contributed by atoms with Crippen LogP contribution in [-0.4, -0.2) is 6.54 Å². The van der Waals surface area contributed by atoms with Crippen LogP contribution in [0.3, 0.4) is 0 Å². The first-order valence-electron chi connectivity index (χ1n) is 4.82. The van der Waals surface area contributed by atoms with Gasteiger partial charge in [-0.2, -0.15) is 0 Å². The number of benzene rings is 1. The van der Waals surface area contributed by atoms with E-state index < -0.39 is 0 Å². The molecule has 0 saturated carbocycles. The minimum Gasteiger partial charge on any atom is -0.385 e. The minimum atomic E-state index is 1.09. The average Bonchev–Trinajstić information content (AvgIpc) is 2.13. The van der Waals surface area contributed by atoms with E-state index in [-0.39, 0.29) is 0 Å². The van der Waals surface area contributed by atoms with E-state index in [1.165, 1.54) is 28.5 Å². The third-order valence-electron chi connectivity index (χ3n) is 1.93. The maximum atomic E-state index is 3.42. The first-order valence-corrected chi connectivity index (χ1v) is 5.90. The molecule has 0 amide bonds. The molecule has 0 aromatic heterocycles. The van der Waals surface area contributed by atoms with E-state index in [1.54, 1.807) is 0 Å². The molecular weight excluding hydrogens is 273 g/mol. The van der Waals surface area contributed by atoms with Crippen molar-refractivity contribution in [3.05, 3.63) is 27.8 Å². The van der Waals surface area contributed by atoms with Gasteiger partial charge in [0, 0.05) is 15.8 Å². The fourth-order valence-corrected chi connectivity index (χ4v) is 1.75. The Balaban J connectivity index is 2.28. The number of halogens is 1. The minimum absolute atomic E-state index is 1.09. The van der Waals surface area contributed by atoms with Crippen LogP contribution < -0.4 is 5.32 Å². The third kappa shape index (κ3) is 4.50. The van der Waals surface area contributed by atoms with Crippen LogP contribution in [0.25, 0.3) is 0 Å². The zero-order valence-corrected chi connectivity index (χ0v) is 10.2. The molecule has 0 atom stereocenters. The number of rotatable bonds is 5. The number of anilines is 1. The van der Waals surface area contributed by atoms with Crippen molar-refractivity contribution in [1.29, 1.82) is 0 Å². The van der Waals surface area contributed by atoms with Crippen molar-refractivity contribution in [2.24, 2.45) is 0 Å². The Morgan fingerprint density at radius 1 is 1.31 bits per heavy atom.